The van der Waals surface area contributed by atoms with E-state index in [-0.39, 0.29) is 5.75 Å². The van der Waals surface area contributed by atoms with Gasteiger partial charge in [-0.3, -0.25) is 9.59 Å². The lowest BCUT2D eigenvalue weighted by Crippen LogP contribution is -2.36. The molecule has 1 aromatic rings. The van der Waals surface area contributed by atoms with Gasteiger partial charge >= 0.3 is 0 Å². The molecule has 0 bridgehead atoms. The topological polar surface area (TPSA) is 63.6 Å². The fourth-order valence-electron chi connectivity index (χ4n) is 0.760. The standard InChI is InChI=1S/C8H10O4/c1-8(2,3)12-7-5(10)4(9)6(7)11/h10H,1-3H3. The van der Waals surface area contributed by atoms with Crippen LogP contribution in [0.15, 0.2) is 9.59 Å². The van der Waals surface area contributed by atoms with Gasteiger partial charge in [0, 0.05) is 0 Å². The van der Waals surface area contributed by atoms with Gasteiger partial charge in [0.2, 0.25) is 11.5 Å². The Morgan fingerprint density at radius 1 is 1.17 bits per heavy atom. The van der Waals surface area contributed by atoms with Crippen molar-refractivity contribution < 1.29 is 9.84 Å². The van der Waals surface area contributed by atoms with Crippen molar-refractivity contribution in [3.05, 3.63) is 20.4 Å². The van der Waals surface area contributed by atoms with Crippen LogP contribution < -0.4 is 15.6 Å². The quantitative estimate of drug-likeness (QED) is 0.610. The van der Waals surface area contributed by atoms with E-state index in [0.717, 1.165) is 0 Å². The average molecular weight is 170 g/mol. The van der Waals surface area contributed by atoms with Gasteiger partial charge in [-0.1, -0.05) is 0 Å². The smallest absolute Gasteiger partial charge is 0.275 e. The summed E-state index contributed by atoms with van der Waals surface area (Å²) in [4.78, 5) is 21.3. The minimum atomic E-state index is -0.866. The van der Waals surface area contributed by atoms with E-state index < -0.39 is 22.2 Å². The predicted molar refractivity (Wildman–Crippen MR) is 43.4 cm³/mol. The van der Waals surface area contributed by atoms with Crippen LogP contribution in [0.3, 0.4) is 0 Å². The third-order valence-electron chi connectivity index (χ3n) is 1.25. The first-order valence-electron chi connectivity index (χ1n) is 3.54. The first kappa shape index (κ1) is 8.77. The molecule has 0 heterocycles. The predicted octanol–water partition coefficient (Wildman–Crippen LogP) is 0.165. The summed E-state index contributed by atoms with van der Waals surface area (Å²) in [7, 11) is 0. The van der Waals surface area contributed by atoms with E-state index in [1.165, 1.54) is 0 Å². The highest BCUT2D eigenvalue weighted by Crippen LogP contribution is 2.22. The fraction of sp³-hybridized carbons (Fsp3) is 0.500. The molecule has 0 aliphatic rings. The normalized spacial score (nSPS) is 11.9. The second-order valence-corrected chi connectivity index (χ2v) is 3.55. The van der Waals surface area contributed by atoms with Gasteiger partial charge in [0.1, 0.15) is 5.60 Å². The van der Waals surface area contributed by atoms with Crippen LogP contribution in [0, 0.1) is 0 Å². The number of aromatic hydroxyl groups is 1. The molecule has 0 aromatic heterocycles. The molecule has 0 radical (unpaired) electrons. The molecule has 1 rings (SSSR count). The molecule has 0 unspecified atom stereocenters. The Morgan fingerprint density at radius 3 is 2.00 bits per heavy atom. The van der Waals surface area contributed by atoms with Gasteiger partial charge in [-0.25, -0.2) is 0 Å². The Kier molecular flexibility index (Phi) is 1.71. The lowest BCUT2D eigenvalue weighted by Gasteiger charge is -2.21. The first-order chi connectivity index (χ1) is 5.33. The zero-order valence-corrected chi connectivity index (χ0v) is 7.17. The Balaban J connectivity index is 2.95. The van der Waals surface area contributed by atoms with E-state index in [9.17, 15) is 9.59 Å². The van der Waals surface area contributed by atoms with Crippen molar-refractivity contribution >= 4 is 0 Å². The minimum absolute atomic E-state index is 0.215. The molecule has 0 saturated heterocycles. The van der Waals surface area contributed by atoms with E-state index in [4.69, 9.17) is 9.84 Å². The minimum Gasteiger partial charge on any atom is -0.501 e. The molecule has 0 atom stereocenters. The average Bonchev–Trinajstić information content (AvgIpc) is 1.96. The van der Waals surface area contributed by atoms with E-state index in [0.29, 0.717) is 0 Å². The molecular weight excluding hydrogens is 160 g/mol. The van der Waals surface area contributed by atoms with Crippen molar-refractivity contribution in [1.29, 1.82) is 0 Å². The van der Waals surface area contributed by atoms with Crippen molar-refractivity contribution in [2.45, 2.75) is 26.4 Å². The Labute approximate surface area is 69.1 Å². The monoisotopic (exact) mass is 170 g/mol. The fourth-order valence-corrected chi connectivity index (χ4v) is 0.760. The van der Waals surface area contributed by atoms with Gasteiger partial charge < -0.3 is 9.84 Å². The maximum atomic E-state index is 10.8. The summed E-state index contributed by atoms with van der Waals surface area (Å²) in [5, 5.41) is 8.89. The van der Waals surface area contributed by atoms with Crippen molar-refractivity contribution in [3.63, 3.8) is 0 Å². The highest BCUT2D eigenvalue weighted by molar-refractivity contribution is 5.44. The zero-order chi connectivity index (χ0) is 9.52. The van der Waals surface area contributed by atoms with Crippen LogP contribution >= 0.6 is 0 Å². The van der Waals surface area contributed by atoms with E-state index in [1.54, 1.807) is 20.8 Å². The van der Waals surface area contributed by atoms with E-state index in [2.05, 4.69) is 0 Å². The van der Waals surface area contributed by atoms with Gasteiger partial charge in [-0.15, -0.1) is 0 Å². The van der Waals surface area contributed by atoms with E-state index >= 15 is 0 Å². The molecule has 0 fully saturated rings. The van der Waals surface area contributed by atoms with Crippen molar-refractivity contribution in [1.82, 2.24) is 0 Å². The maximum absolute atomic E-state index is 10.8. The lowest BCUT2D eigenvalue weighted by molar-refractivity contribution is 0.121. The van der Waals surface area contributed by atoms with Crippen LogP contribution in [-0.2, 0) is 0 Å². The van der Waals surface area contributed by atoms with Crippen LogP contribution in [-0.4, -0.2) is 10.7 Å². The third-order valence-corrected chi connectivity index (χ3v) is 1.25. The summed E-state index contributed by atoms with van der Waals surface area (Å²) in [6.07, 6.45) is 0. The summed E-state index contributed by atoms with van der Waals surface area (Å²) < 4.78 is 5.03. The molecule has 0 amide bonds. The van der Waals surface area contributed by atoms with Crippen molar-refractivity contribution in [2.24, 2.45) is 0 Å². The summed E-state index contributed by atoms with van der Waals surface area (Å²) in [6.45, 7) is 5.18. The Hall–Kier alpha value is -1.32. The molecular formula is C8H10O4. The lowest BCUT2D eigenvalue weighted by atomic mass is 10.1. The van der Waals surface area contributed by atoms with Gasteiger partial charge in [0.25, 0.3) is 10.9 Å². The molecule has 66 valence electrons. The summed E-state index contributed by atoms with van der Waals surface area (Å²) in [5.41, 5.74) is -2.18. The van der Waals surface area contributed by atoms with Crippen LogP contribution in [0.1, 0.15) is 20.8 Å². The molecule has 0 saturated carbocycles. The molecule has 0 aliphatic heterocycles. The van der Waals surface area contributed by atoms with Gasteiger partial charge in [0.05, 0.1) is 0 Å². The molecule has 4 nitrogen and oxygen atoms in total. The largest absolute Gasteiger partial charge is 0.501 e. The molecule has 0 spiro atoms. The van der Waals surface area contributed by atoms with Crippen molar-refractivity contribution in [2.75, 3.05) is 0 Å². The summed E-state index contributed by atoms with van der Waals surface area (Å²) >= 11 is 0. The molecule has 4 heteroatoms. The second kappa shape index (κ2) is 2.33. The van der Waals surface area contributed by atoms with Gasteiger partial charge in [0.15, 0.2) is 0 Å². The highest BCUT2D eigenvalue weighted by atomic mass is 16.5. The first-order valence-corrected chi connectivity index (χ1v) is 3.54. The molecule has 12 heavy (non-hydrogen) atoms. The summed E-state index contributed by atoms with van der Waals surface area (Å²) in [6, 6.07) is 0. The van der Waals surface area contributed by atoms with Gasteiger partial charge in [-0.05, 0) is 20.8 Å². The maximum Gasteiger partial charge on any atom is 0.275 e. The SMILES string of the molecule is CC(C)(C)Oc1c(O)c(=O)c1=O. The Bertz CT molecular complexity index is 363. The number of rotatable bonds is 1. The Morgan fingerprint density at radius 2 is 1.67 bits per heavy atom. The van der Waals surface area contributed by atoms with Crippen molar-refractivity contribution in [3.8, 4) is 11.5 Å². The molecule has 1 aromatic carbocycles. The number of hydrogen-bond acceptors (Lipinski definition) is 4. The third kappa shape index (κ3) is 1.32. The van der Waals surface area contributed by atoms with Crippen LogP contribution in [0.5, 0.6) is 11.5 Å². The number of ether oxygens (including phenoxy) is 1. The molecule has 1 N–H and O–H groups in total. The van der Waals surface area contributed by atoms with Crippen LogP contribution in [0.2, 0.25) is 0 Å². The highest BCUT2D eigenvalue weighted by Gasteiger charge is 2.25. The number of hydrogen-bond donors (Lipinski definition) is 1. The second-order valence-electron chi connectivity index (χ2n) is 3.55. The van der Waals surface area contributed by atoms with Crippen LogP contribution in [0.4, 0.5) is 0 Å². The van der Waals surface area contributed by atoms with E-state index in [1.807, 2.05) is 0 Å². The molecule has 0 aliphatic carbocycles. The summed E-state index contributed by atoms with van der Waals surface area (Å²) in [5.74, 6) is -0.776. The van der Waals surface area contributed by atoms with Gasteiger partial charge in [-0.2, -0.15) is 0 Å². The van der Waals surface area contributed by atoms with Crippen LogP contribution in [0.25, 0.3) is 0 Å². The zero-order valence-electron chi connectivity index (χ0n) is 7.17.